The van der Waals surface area contributed by atoms with E-state index in [0.29, 0.717) is 5.69 Å². The number of aryl methyl sites for hydroxylation is 1. The van der Waals surface area contributed by atoms with E-state index >= 15 is 0 Å². The molecule has 0 amide bonds. The van der Waals surface area contributed by atoms with Crippen LogP contribution in [0, 0.1) is 18.3 Å². The Morgan fingerprint density at radius 2 is 2.25 bits per heavy atom. The molecule has 0 aliphatic rings. The summed E-state index contributed by atoms with van der Waals surface area (Å²) in [6, 6.07) is 1.70. The van der Waals surface area contributed by atoms with E-state index < -0.39 is 15.0 Å². The maximum atomic E-state index is 10.8. The number of hydrogen-bond donors (Lipinski definition) is 2. The van der Waals surface area contributed by atoms with Crippen LogP contribution in [0.15, 0.2) is 5.03 Å². The van der Waals surface area contributed by atoms with Crippen LogP contribution in [0.2, 0.25) is 0 Å². The monoisotopic (exact) mass is 186 g/mol. The highest BCUT2D eigenvalue weighted by molar-refractivity contribution is 7.89. The highest BCUT2D eigenvalue weighted by Crippen LogP contribution is 2.12. The van der Waals surface area contributed by atoms with Gasteiger partial charge in [-0.15, -0.1) is 0 Å². The molecule has 12 heavy (non-hydrogen) atoms. The van der Waals surface area contributed by atoms with Crippen molar-refractivity contribution in [1.82, 2.24) is 10.2 Å². The number of aromatic amines is 1. The van der Waals surface area contributed by atoms with Gasteiger partial charge in [-0.1, -0.05) is 0 Å². The quantitative estimate of drug-likeness (QED) is 0.599. The second-order valence-corrected chi connectivity index (χ2v) is 3.66. The van der Waals surface area contributed by atoms with Gasteiger partial charge in [0.2, 0.25) is 5.03 Å². The highest BCUT2D eigenvalue weighted by atomic mass is 32.2. The van der Waals surface area contributed by atoms with Crippen molar-refractivity contribution in [1.29, 1.82) is 5.26 Å². The van der Waals surface area contributed by atoms with Crippen LogP contribution in [0.25, 0.3) is 0 Å². The van der Waals surface area contributed by atoms with Gasteiger partial charge in [0.25, 0.3) is 10.0 Å². The summed E-state index contributed by atoms with van der Waals surface area (Å²) >= 11 is 0. The standard InChI is InChI=1S/C5H6N4O2S/c1-3-4(2-6)5(9-8-3)12(7,10)11/h1H3,(H,8,9)(H2,7,10,11). The molecule has 0 aliphatic heterocycles. The topological polar surface area (TPSA) is 113 Å². The summed E-state index contributed by atoms with van der Waals surface area (Å²) in [6.45, 7) is 1.54. The van der Waals surface area contributed by atoms with Crippen molar-refractivity contribution in [3.63, 3.8) is 0 Å². The molecule has 0 aliphatic carbocycles. The summed E-state index contributed by atoms with van der Waals surface area (Å²) in [5.74, 6) is 0. The molecule has 7 heteroatoms. The number of hydrogen-bond acceptors (Lipinski definition) is 4. The molecule has 3 N–H and O–H groups in total. The van der Waals surface area contributed by atoms with Crippen LogP contribution in [0.1, 0.15) is 11.3 Å². The van der Waals surface area contributed by atoms with Crippen LogP contribution in [0.3, 0.4) is 0 Å². The summed E-state index contributed by atoms with van der Waals surface area (Å²) in [4.78, 5) is 0. The van der Waals surface area contributed by atoms with Crippen LogP contribution in [0.4, 0.5) is 0 Å². The molecule has 1 aromatic heterocycles. The SMILES string of the molecule is Cc1[nH]nc(S(N)(=O)=O)c1C#N. The van der Waals surface area contributed by atoms with Gasteiger partial charge >= 0.3 is 0 Å². The molecule has 0 atom stereocenters. The van der Waals surface area contributed by atoms with Crippen LogP contribution in [0.5, 0.6) is 0 Å². The zero-order valence-electron chi connectivity index (χ0n) is 6.20. The lowest BCUT2D eigenvalue weighted by atomic mass is 10.3. The van der Waals surface area contributed by atoms with Gasteiger partial charge in [-0.2, -0.15) is 10.4 Å². The molecular weight excluding hydrogens is 180 g/mol. The number of H-pyrrole nitrogens is 1. The van der Waals surface area contributed by atoms with Crippen molar-refractivity contribution < 1.29 is 8.42 Å². The molecular formula is C5H6N4O2S. The Kier molecular flexibility index (Phi) is 1.87. The fourth-order valence-corrected chi connectivity index (χ4v) is 1.40. The normalized spacial score (nSPS) is 11.1. The van der Waals surface area contributed by atoms with Crippen LogP contribution < -0.4 is 5.14 Å². The number of aromatic nitrogens is 2. The van der Waals surface area contributed by atoms with Gasteiger partial charge in [-0.05, 0) is 6.92 Å². The van der Waals surface area contributed by atoms with Gasteiger partial charge in [0.05, 0.1) is 5.69 Å². The third kappa shape index (κ3) is 1.30. The van der Waals surface area contributed by atoms with Gasteiger partial charge in [-0.3, -0.25) is 5.10 Å². The first-order valence-corrected chi connectivity index (χ1v) is 4.49. The average molecular weight is 186 g/mol. The molecule has 0 aromatic carbocycles. The molecule has 1 aromatic rings. The number of nitriles is 1. The number of nitrogens with one attached hydrogen (secondary N) is 1. The Bertz CT molecular complexity index is 439. The van der Waals surface area contributed by atoms with Gasteiger partial charge in [-0.25, -0.2) is 13.6 Å². The largest absolute Gasteiger partial charge is 0.280 e. The molecule has 0 unspecified atom stereocenters. The van der Waals surface area contributed by atoms with Crippen molar-refractivity contribution in [2.45, 2.75) is 11.9 Å². The van der Waals surface area contributed by atoms with Crippen molar-refractivity contribution in [2.24, 2.45) is 5.14 Å². The first-order chi connectivity index (χ1) is 5.46. The van der Waals surface area contributed by atoms with E-state index in [4.69, 9.17) is 10.4 Å². The fourth-order valence-electron chi connectivity index (χ4n) is 0.744. The van der Waals surface area contributed by atoms with E-state index in [1.54, 1.807) is 13.0 Å². The zero-order chi connectivity index (χ0) is 9.35. The molecule has 0 fully saturated rings. The molecule has 0 radical (unpaired) electrons. The molecule has 1 heterocycles. The van der Waals surface area contributed by atoms with E-state index in [1.807, 2.05) is 0 Å². The van der Waals surface area contributed by atoms with Crippen molar-refractivity contribution in [3.8, 4) is 6.07 Å². The molecule has 0 saturated carbocycles. The molecule has 0 spiro atoms. The van der Waals surface area contributed by atoms with Gasteiger partial charge in [0, 0.05) is 0 Å². The predicted octanol–water partition coefficient (Wildman–Crippen LogP) is -0.763. The lowest BCUT2D eigenvalue weighted by Crippen LogP contribution is -2.14. The van der Waals surface area contributed by atoms with Crippen LogP contribution >= 0.6 is 0 Å². The number of sulfonamides is 1. The van der Waals surface area contributed by atoms with Crippen molar-refractivity contribution in [2.75, 3.05) is 0 Å². The summed E-state index contributed by atoms with van der Waals surface area (Å²) in [5.41, 5.74) is 0.360. The molecule has 6 nitrogen and oxygen atoms in total. The van der Waals surface area contributed by atoms with E-state index in [-0.39, 0.29) is 5.56 Å². The Labute approximate surface area is 69.1 Å². The smallest absolute Gasteiger partial charge is 0.258 e. The molecule has 0 bridgehead atoms. The number of primary sulfonamides is 1. The Balaban J connectivity index is 3.49. The average Bonchev–Trinajstić information content (AvgIpc) is 2.29. The summed E-state index contributed by atoms with van der Waals surface area (Å²) in [5, 5.41) is 18.7. The number of nitrogens with two attached hydrogens (primary N) is 1. The Morgan fingerprint density at radius 1 is 1.67 bits per heavy atom. The highest BCUT2D eigenvalue weighted by Gasteiger charge is 2.19. The van der Waals surface area contributed by atoms with E-state index in [0.717, 1.165) is 0 Å². The second kappa shape index (κ2) is 2.58. The lowest BCUT2D eigenvalue weighted by Gasteiger charge is -1.89. The van der Waals surface area contributed by atoms with E-state index in [2.05, 4.69) is 10.2 Å². The van der Waals surface area contributed by atoms with Gasteiger partial charge in [0.15, 0.2) is 0 Å². The van der Waals surface area contributed by atoms with Gasteiger partial charge < -0.3 is 0 Å². The van der Waals surface area contributed by atoms with E-state index in [1.165, 1.54) is 0 Å². The maximum absolute atomic E-state index is 10.8. The minimum atomic E-state index is -3.89. The van der Waals surface area contributed by atoms with Crippen LogP contribution in [-0.4, -0.2) is 18.6 Å². The summed E-state index contributed by atoms with van der Waals surface area (Å²) in [7, 11) is -3.89. The lowest BCUT2D eigenvalue weighted by molar-refractivity contribution is 0.593. The fraction of sp³-hybridized carbons (Fsp3) is 0.200. The maximum Gasteiger partial charge on any atom is 0.258 e. The first kappa shape index (κ1) is 8.70. The van der Waals surface area contributed by atoms with Crippen molar-refractivity contribution >= 4 is 10.0 Å². The van der Waals surface area contributed by atoms with Crippen molar-refractivity contribution in [3.05, 3.63) is 11.3 Å². The third-order valence-corrected chi connectivity index (χ3v) is 2.13. The predicted molar refractivity (Wildman–Crippen MR) is 39.4 cm³/mol. The molecule has 0 saturated heterocycles. The van der Waals surface area contributed by atoms with Crippen LogP contribution in [-0.2, 0) is 10.0 Å². The second-order valence-electron chi connectivity index (χ2n) is 2.19. The zero-order valence-corrected chi connectivity index (χ0v) is 7.01. The number of nitrogens with zero attached hydrogens (tertiary/aromatic N) is 2. The molecule has 64 valence electrons. The molecule has 1 rings (SSSR count). The van der Waals surface area contributed by atoms with E-state index in [9.17, 15) is 8.42 Å². The summed E-state index contributed by atoms with van der Waals surface area (Å²) < 4.78 is 21.5. The Morgan fingerprint density at radius 3 is 2.58 bits per heavy atom. The minimum Gasteiger partial charge on any atom is -0.280 e. The Hall–Kier alpha value is -1.39. The third-order valence-electron chi connectivity index (χ3n) is 1.30. The number of rotatable bonds is 1. The minimum absolute atomic E-state index is 0.0301. The summed E-state index contributed by atoms with van der Waals surface area (Å²) in [6.07, 6.45) is 0. The first-order valence-electron chi connectivity index (χ1n) is 2.94. The van der Waals surface area contributed by atoms with Gasteiger partial charge in [0.1, 0.15) is 11.6 Å².